The summed E-state index contributed by atoms with van der Waals surface area (Å²) < 4.78 is 6.19. The van der Waals surface area contributed by atoms with Gasteiger partial charge in [-0.3, -0.25) is 4.57 Å². The summed E-state index contributed by atoms with van der Waals surface area (Å²) in [5.41, 5.74) is 9.57. The Kier molecular flexibility index (Phi) is 3.99. The first-order chi connectivity index (χ1) is 9.43. The number of aliphatic hydroxyl groups excluding tert-OH is 3. The SMILES string of the molecule is NC(N)=Nc1ccn([C@@H]2O[C@H](CO)[C@@H](O)[C@H]2O)c(=O)n1. The topological polar surface area (TPSA) is 169 Å². The summed E-state index contributed by atoms with van der Waals surface area (Å²) in [6.07, 6.45) is -3.50. The van der Waals surface area contributed by atoms with Crippen LogP contribution in [0, 0.1) is 0 Å². The second kappa shape index (κ2) is 5.54. The highest BCUT2D eigenvalue weighted by Crippen LogP contribution is 2.28. The Labute approximate surface area is 112 Å². The zero-order valence-electron chi connectivity index (χ0n) is 10.3. The van der Waals surface area contributed by atoms with Gasteiger partial charge in [-0.25, -0.2) is 4.79 Å². The van der Waals surface area contributed by atoms with Crippen LogP contribution in [0.3, 0.4) is 0 Å². The molecule has 2 rings (SSSR count). The van der Waals surface area contributed by atoms with Gasteiger partial charge in [-0.1, -0.05) is 0 Å². The van der Waals surface area contributed by atoms with Crippen molar-refractivity contribution in [3.8, 4) is 0 Å². The quantitative estimate of drug-likeness (QED) is 0.285. The fourth-order valence-corrected chi connectivity index (χ4v) is 1.90. The molecular weight excluding hydrogens is 270 g/mol. The third-order valence-corrected chi connectivity index (χ3v) is 2.85. The predicted molar refractivity (Wildman–Crippen MR) is 67.0 cm³/mol. The van der Waals surface area contributed by atoms with Crippen molar-refractivity contribution in [2.24, 2.45) is 16.5 Å². The summed E-state index contributed by atoms with van der Waals surface area (Å²) in [5, 5.41) is 28.4. The van der Waals surface area contributed by atoms with Crippen LogP contribution in [0.15, 0.2) is 22.1 Å². The molecule has 0 unspecified atom stereocenters. The van der Waals surface area contributed by atoms with E-state index in [9.17, 15) is 15.0 Å². The minimum atomic E-state index is -1.36. The Morgan fingerprint density at radius 3 is 2.65 bits per heavy atom. The maximum absolute atomic E-state index is 11.8. The lowest BCUT2D eigenvalue weighted by Gasteiger charge is -2.16. The van der Waals surface area contributed by atoms with Crippen LogP contribution < -0.4 is 17.2 Å². The number of ether oxygens (including phenoxy) is 1. The number of aromatic nitrogens is 2. The smallest absolute Gasteiger partial charge is 0.351 e. The molecule has 0 aliphatic carbocycles. The van der Waals surface area contributed by atoms with E-state index in [0.29, 0.717) is 0 Å². The summed E-state index contributed by atoms with van der Waals surface area (Å²) in [6.45, 7) is -0.483. The van der Waals surface area contributed by atoms with Crippen molar-refractivity contribution in [3.63, 3.8) is 0 Å². The largest absolute Gasteiger partial charge is 0.394 e. The van der Waals surface area contributed by atoms with E-state index in [0.717, 1.165) is 4.57 Å². The average molecular weight is 285 g/mol. The van der Waals surface area contributed by atoms with Gasteiger partial charge in [0, 0.05) is 6.20 Å². The van der Waals surface area contributed by atoms with E-state index < -0.39 is 36.8 Å². The number of nitrogens with zero attached hydrogens (tertiary/aromatic N) is 3. The van der Waals surface area contributed by atoms with Crippen LogP contribution in [0.5, 0.6) is 0 Å². The molecule has 1 aromatic heterocycles. The van der Waals surface area contributed by atoms with Gasteiger partial charge in [-0.05, 0) is 6.07 Å². The maximum atomic E-state index is 11.8. The Hall–Kier alpha value is -2.01. The third kappa shape index (κ3) is 2.63. The van der Waals surface area contributed by atoms with E-state index in [4.69, 9.17) is 21.3 Å². The molecule has 10 nitrogen and oxygen atoms in total. The molecular formula is C10H15N5O5. The highest BCUT2D eigenvalue weighted by atomic mass is 16.6. The van der Waals surface area contributed by atoms with Crippen LogP contribution in [-0.2, 0) is 4.74 Å². The molecule has 4 atom stereocenters. The molecule has 1 aliphatic rings. The number of guanidine groups is 1. The Balaban J connectivity index is 2.31. The average Bonchev–Trinajstić information content (AvgIpc) is 2.66. The van der Waals surface area contributed by atoms with E-state index in [2.05, 4.69) is 9.98 Å². The van der Waals surface area contributed by atoms with Gasteiger partial charge in [-0.2, -0.15) is 9.98 Å². The lowest BCUT2D eigenvalue weighted by molar-refractivity contribution is -0.0549. The van der Waals surface area contributed by atoms with Crippen molar-refractivity contribution in [1.82, 2.24) is 9.55 Å². The zero-order valence-corrected chi connectivity index (χ0v) is 10.3. The highest BCUT2D eigenvalue weighted by molar-refractivity contribution is 5.78. The summed E-state index contributed by atoms with van der Waals surface area (Å²) in [7, 11) is 0. The number of hydrogen-bond donors (Lipinski definition) is 5. The minimum Gasteiger partial charge on any atom is -0.394 e. The zero-order chi connectivity index (χ0) is 14.9. The Bertz CT molecular complexity index is 569. The third-order valence-electron chi connectivity index (χ3n) is 2.85. The first kappa shape index (κ1) is 14.4. The van der Waals surface area contributed by atoms with Crippen LogP contribution in [0.2, 0.25) is 0 Å². The molecule has 110 valence electrons. The van der Waals surface area contributed by atoms with Crippen molar-refractivity contribution in [1.29, 1.82) is 0 Å². The van der Waals surface area contributed by atoms with E-state index in [1.54, 1.807) is 0 Å². The molecule has 10 heteroatoms. The number of rotatable bonds is 3. The molecule has 1 aliphatic heterocycles. The molecule has 2 heterocycles. The van der Waals surface area contributed by atoms with Crippen LogP contribution in [0.25, 0.3) is 0 Å². The van der Waals surface area contributed by atoms with Gasteiger partial charge in [-0.15, -0.1) is 0 Å². The number of nitrogens with two attached hydrogens (primary N) is 2. The summed E-state index contributed by atoms with van der Waals surface area (Å²) in [5.74, 6) is -0.236. The Morgan fingerprint density at radius 2 is 2.15 bits per heavy atom. The fraction of sp³-hybridized carbons (Fsp3) is 0.500. The van der Waals surface area contributed by atoms with Crippen molar-refractivity contribution in [3.05, 3.63) is 22.7 Å². The van der Waals surface area contributed by atoms with Crippen LogP contribution in [-0.4, -0.2) is 55.7 Å². The summed E-state index contributed by atoms with van der Waals surface area (Å²) >= 11 is 0. The summed E-state index contributed by atoms with van der Waals surface area (Å²) in [6, 6.07) is 1.34. The fourth-order valence-electron chi connectivity index (χ4n) is 1.90. The van der Waals surface area contributed by atoms with Crippen molar-refractivity contribution >= 4 is 11.8 Å². The summed E-state index contributed by atoms with van der Waals surface area (Å²) in [4.78, 5) is 19.0. The normalized spacial score (nSPS) is 29.4. The predicted octanol–water partition coefficient (Wildman–Crippen LogP) is -3.24. The molecule has 0 radical (unpaired) electrons. The van der Waals surface area contributed by atoms with E-state index in [1.165, 1.54) is 12.3 Å². The maximum Gasteiger partial charge on any atom is 0.351 e. The molecule has 1 aromatic rings. The van der Waals surface area contributed by atoms with Gasteiger partial charge < -0.3 is 31.5 Å². The van der Waals surface area contributed by atoms with Gasteiger partial charge in [0.2, 0.25) is 0 Å². The second-order valence-electron chi connectivity index (χ2n) is 4.24. The van der Waals surface area contributed by atoms with Crippen molar-refractivity contribution < 1.29 is 20.1 Å². The monoisotopic (exact) mass is 285 g/mol. The molecule has 0 aromatic carbocycles. The molecule has 1 fully saturated rings. The minimum absolute atomic E-state index is 0.0120. The molecule has 1 saturated heterocycles. The molecule has 20 heavy (non-hydrogen) atoms. The van der Waals surface area contributed by atoms with Gasteiger partial charge in [0.25, 0.3) is 0 Å². The van der Waals surface area contributed by atoms with Crippen LogP contribution in [0.1, 0.15) is 6.23 Å². The van der Waals surface area contributed by atoms with Gasteiger partial charge in [0.15, 0.2) is 18.0 Å². The molecule has 7 N–H and O–H groups in total. The Morgan fingerprint density at radius 1 is 1.45 bits per heavy atom. The van der Waals surface area contributed by atoms with E-state index >= 15 is 0 Å². The van der Waals surface area contributed by atoms with Crippen LogP contribution >= 0.6 is 0 Å². The van der Waals surface area contributed by atoms with E-state index in [1.807, 2.05) is 0 Å². The molecule has 0 bridgehead atoms. The lowest BCUT2D eigenvalue weighted by Crippen LogP contribution is -2.35. The lowest BCUT2D eigenvalue weighted by atomic mass is 10.1. The van der Waals surface area contributed by atoms with Gasteiger partial charge >= 0.3 is 5.69 Å². The number of aliphatic hydroxyl groups is 3. The molecule has 0 spiro atoms. The number of aliphatic imine (C=N–C) groups is 1. The van der Waals surface area contributed by atoms with Crippen molar-refractivity contribution in [2.75, 3.05) is 6.61 Å². The highest BCUT2D eigenvalue weighted by Gasteiger charge is 2.43. The first-order valence-corrected chi connectivity index (χ1v) is 5.75. The standard InChI is InChI=1S/C10H15N5O5/c11-9(12)13-5-1-2-15(10(19)14-5)8-7(18)6(17)4(3-16)20-8/h1-2,4,6-8,16-18H,3H2,(H4,11,12,13,14,19)/t4-,6-,7-,8-/m1/s1. The van der Waals surface area contributed by atoms with Crippen molar-refractivity contribution in [2.45, 2.75) is 24.5 Å². The molecule has 0 saturated carbocycles. The van der Waals surface area contributed by atoms with Crippen LogP contribution in [0.4, 0.5) is 5.82 Å². The second-order valence-corrected chi connectivity index (χ2v) is 4.24. The first-order valence-electron chi connectivity index (χ1n) is 5.75. The van der Waals surface area contributed by atoms with E-state index in [-0.39, 0.29) is 11.8 Å². The molecule has 0 amide bonds. The number of hydrogen-bond acceptors (Lipinski definition) is 7. The van der Waals surface area contributed by atoms with Gasteiger partial charge in [0.05, 0.1) is 6.61 Å². The van der Waals surface area contributed by atoms with Gasteiger partial charge in [0.1, 0.15) is 18.3 Å².